The predicted octanol–water partition coefficient (Wildman–Crippen LogP) is -0.0600. The van der Waals surface area contributed by atoms with Crippen LogP contribution in [0.25, 0.3) is 10.2 Å². The van der Waals surface area contributed by atoms with Crippen LogP contribution in [0.5, 0.6) is 11.5 Å². The molecule has 1 aromatic carbocycles. The van der Waals surface area contributed by atoms with E-state index in [0.29, 0.717) is 35.2 Å². The van der Waals surface area contributed by atoms with Crippen LogP contribution < -0.4 is 19.3 Å². The number of hydrogen-bond donors (Lipinski definition) is 1. The molecule has 1 aliphatic heterocycles. The van der Waals surface area contributed by atoms with Crippen molar-refractivity contribution in [2.24, 2.45) is 0 Å². The normalized spacial score (nSPS) is 14.2. The lowest BCUT2D eigenvalue weighted by atomic mass is 10.3. The number of nitrogens with zero attached hydrogens (tertiary/aromatic N) is 3. The molecule has 0 unspecified atom stereocenters. The average Bonchev–Trinajstić information content (AvgIpc) is 3.26. The van der Waals surface area contributed by atoms with E-state index in [1.54, 1.807) is 26.4 Å². The van der Waals surface area contributed by atoms with Crippen LogP contribution >= 0.6 is 11.3 Å². The van der Waals surface area contributed by atoms with E-state index < -0.39 is 0 Å². The molecule has 156 valence electrons. The summed E-state index contributed by atoms with van der Waals surface area (Å²) in [5.41, 5.74) is 0.607. The monoisotopic (exact) mass is 421 g/mol. The van der Waals surface area contributed by atoms with Crippen LogP contribution in [0, 0.1) is 0 Å². The quantitative estimate of drug-likeness (QED) is 0.601. The molecule has 29 heavy (non-hydrogen) atoms. The zero-order valence-electron chi connectivity index (χ0n) is 17.0. The van der Waals surface area contributed by atoms with Crippen molar-refractivity contribution < 1.29 is 28.8 Å². The van der Waals surface area contributed by atoms with Crippen LogP contribution in [-0.4, -0.2) is 75.6 Å². The third kappa shape index (κ3) is 4.33. The molecule has 1 saturated heterocycles. The first-order valence-electron chi connectivity index (χ1n) is 9.29. The van der Waals surface area contributed by atoms with E-state index in [9.17, 15) is 14.4 Å². The number of fused-ring (bicyclic) bond motifs is 1. The summed E-state index contributed by atoms with van der Waals surface area (Å²) in [7, 11) is 7.11. The number of carbonyl (C=O) groups excluding carboxylic acids is 3. The fraction of sp³-hybridized carbons (Fsp3) is 0.474. The van der Waals surface area contributed by atoms with Crippen molar-refractivity contribution in [2.75, 3.05) is 52.8 Å². The van der Waals surface area contributed by atoms with Crippen molar-refractivity contribution in [3.05, 3.63) is 12.1 Å². The molecule has 2 heterocycles. The zero-order chi connectivity index (χ0) is 21.1. The second-order valence-electron chi connectivity index (χ2n) is 7.02. The molecule has 0 radical (unpaired) electrons. The van der Waals surface area contributed by atoms with Gasteiger partial charge in [-0.2, -0.15) is 0 Å². The summed E-state index contributed by atoms with van der Waals surface area (Å²) in [5.74, 6) is 0.258. The Balaban J connectivity index is 1.96. The van der Waals surface area contributed by atoms with Crippen LogP contribution in [0.2, 0.25) is 0 Å². The summed E-state index contributed by atoms with van der Waals surface area (Å²) in [5, 5.41) is 0.480. The first-order chi connectivity index (χ1) is 13.8. The van der Waals surface area contributed by atoms with Gasteiger partial charge in [-0.3, -0.25) is 24.2 Å². The number of ether oxygens (including phenoxy) is 2. The lowest BCUT2D eigenvalue weighted by molar-refractivity contribution is -0.856. The van der Waals surface area contributed by atoms with Crippen LogP contribution in [0.3, 0.4) is 0 Å². The molecule has 1 fully saturated rings. The van der Waals surface area contributed by atoms with Crippen LogP contribution in [0.15, 0.2) is 12.1 Å². The SMILES string of the molecule is COc1ccc(OC)c2sc(N(CC[NH+](C)C)C(=O)CN3C(=O)CCC3=O)nc12. The topological polar surface area (TPSA) is 93.5 Å². The van der Waals surface area contributed by atoms with Crippen LogP contribution in [0.1, 0.15) is 12.8 Å². The molecule has 0 atom stereocenters. The van der Waals surface area contributed by atoms with Gasteiger partial charge in [-0.05, 0) is 12.1 Å². The van der Waals surface area contributed by atoms with Crippen molar-refractivity contribution in [1.29, 1.82) is 0 Å². The summed E-state index contributed by atoms with van der Waals surface area (Å²) in [4.78, 5) is 45.3. The van der Waals surface area contributed by atoms with E-state index in [1.165, 1.54) is 16.2 Å². The summed E-state index contributed by atoms with van der Waals surface area (Å²) in [6.45, 7) is 0.810. The smallest absolute Gasteiger partial charge is 0.249 e. The van der Waals surface area contributed by atoms with Gasteiger partial charge in [0.05, 0.1) is 41.4 Å². The molecule has 10 heteroatoms. The second kappa shape index (κ2) is 8.75. The van der Waals surface area contributed by atoms with Gasteiger partial charge in [0.1, 0.15) is 28.3 Å². The van der Waals surface area contributed by atoms with Gasteiger partial charge < -0.3 is 14.4 Å². The predicted molar refractivity (Wildman–Crippen MR) is 109 cm³/mol. The molecule has 1 aliphatic rings. The highest BCUT2D eigenvalue weighted by molar-refractivity contribution is 7.22. The van der Waals surface area contributed by atoms with E-state index in [-0.39, 0.29) is 37.1 Å². The first kappa shape index (κ1) is 21.0. The molecule has 1 aromatic heterocycles. The zero-order valence-corrected chi connectivity index (χ0v) is 17.8. The molecule has 2 aromatic rings. The number of likely N-dealkylation sites (N-methyl/N-ethyl adjacent to an activating group) is 1. The number of nitrogens with one attached hydrogen (secondary N) is 1. The van der Waals surface area contributed by atoms with Gasteiger partial charge in [-0.25, -0.2) is 4.98 Å². The average molecular weight is 421 g/mol. The summed E-state index contributed by atoms with van der Waals surface area (Å²) in [6.07, 6.45) is 0.312. The number of hydrogen-bond acceptors (Lipinski definition) is 7. The number of aromatic nitrogens is 1. The number of methoxy groups -OCH3 is 2. The minimum absolute atomic E-state index is 0.156. The van der Waals surface area contributed by atoms with E-state index in [0.717, 1.165) is 14.5 Å². The number of carbonyl (C=O) groups is 3. The lowest BCUT2D eigenvalue weighted by Gasteiger charge is -2.23. The summed E-state index contributed by atoms with van der Waals surface area (Å²) < 4.78 is 11.6. The van der Waals surface area contributed by atoms with Crippen LogP contribution in [-0.2, 0) is 14.4 Å². The van der Waals surface area contributed by atoms with Crippen LogP contribution in [0.4, 0.5) is 5.13 Å². The van der Waals surface area contributed by atoms with Gasteiger partial charge >= 0.3 is 0 Å². The number of quaternary nitrogens is 1. The molecule has 3 rings (SSSR count). The van der Waals surface area contributed by atoms with Gasteiger partial charge in [0, 0.05) is 12.8 Å². The Morgan fingerprint density at radius 2 is 1.79 bits per heavy atom. The lowest BCUT2D eigenvalue weighted by Crippen LogP contribution is -3.06. The Bertz CT molecular complexity index is 885. The highest BCUT2D eigenvalue weighted by atomic mass is 32.1. The molecule has 0 saturated carbocycles. The maximum atomic E-state index is 13.1. The Morgan fingerprint density at radius 3 is 2.38 bits per heavy atom. The Kier molecular flexibility index (Phi) is 6.33. The highest BCUT2D eigenvalue weighted by Gasteiger charge is 2.33. The van der Waals surface area contributed by atoms with Crippen molar-refractivity contribution in [2.45, 2.75) is 12.8 Å². The number of imide groups is 1. The van der Waals surface area contributed by atoms with Crippen molar-refractivity contribution in [3.63, 3.8) is 0 Å². The molecular formula is C19H25N4O5S+. The fourth-order valence-corrected chi connectivity index (χ4v) is 4.19. The van der Waals surface area contributed by atoms with Gasteiger partial charge in [-0.15, -0.1) is 0 Å². The number of likely N-dealkylation sites (tertiary alicyclic amines) is 1. The van der Waals surface area contributed by atoms with Gasteiger partial charge in [0.25, 0.3) is 0 Å². The Labute approximate surface area is 172 Å². The van der Waals surface area contributed by atoms with Gasteiger partial charge in [0.2, 0.25) is 17.7 Å². The molecule has 1 N–H and O–H groups in total. The number of thiazole rings is 1. The number of benzene rings is 1. The molecule has 3 amide bonds. The van der Waals surface area contributed by atoms with E-state index in [2.05, 4.69) is 4.98 Å². The third-order valence-electron chi connectivity index (χ3n) is 4.71. The minimum atomic E-state index is -0.341. The fourth-order valence-electron chi connectivity index (χ4n) is 3.07. The third-order valence-corrected chi connectivity index (χ3v) is 5.81. The van der Waals surface area contributed by atoms with Crippen molar-refractivity contribution in [1.82, 2.24) is 9.88 Å². The molecule has 0 aliphatic carbocycles. The second-order valence-corrected chi connectivity index (χ2v) is 8.00. The first-order valence-corrected chi connectivity index (χ1v) is 10.1. The van der Waals surface area contributed by atoms with E-state index in [1.807, 2.05) is 14.1 Å². The Hall–Kier alpha value is -2.72. The van der Waals surface area contributed by atoms with Crippen molar-refractivity contribution in [3.8, 4) is 11.5 Å². The van der Waals surface area contributed by atoms with E-state index in [4.69, 9.17) is 9.47 Å². The molecular weight excluding hydrogens is 396 g/mol. The van der Waals surface area contributed by atoms with Gasteiger partial charge in [0.15, 0.2) is 5.13 Å². The maximum absolute atomic E-state index is 13.1. The molecule has 0 spiro atoms. The number of anilines is 1. The maximum Gasteiger partial charge on any atom is 0.249 e. The van der Waals surface area contributed by atoms with E-state index >= 15 is 0 Å². The van der Waals surface area contributed by atoms with Crippen molar-refractivity contribution >= 4 is 44.4 Å². The standard InChI is InChI=1S/C19H24N4O5S/c1-21(2)9-10-22(16(26)11-23-14(24)7-8-15(23)25)19-20-17-12(27-3)5-6-13(28-4)18(17)29-19/h5-6H,7-11H2,1-4H3/p+1. The number of amides is 3. The molecule has 0 bridgehead atoms. The Morgan fingerprint density at radius 1 is 1.17 bits per heavy atom. The summed E-state index contributed by atoms with van der Waals surface area (Å²) in [6, 6.07) is 3.56. The largest absolute Gasteiger partial charge is 0.495 e. The molecule has 9 nitrogen and oxygen atoms in total. The number of rotatable bonds is 8. The summed E-state index contributed by atoms with van der Waals surface area (Å²) >= 11 is 1.32. The minimum Gasteiger partial charge on any atom is -0.495 e. The van der Waals surface area contributed by atoms with Gasteiger partial charge in [-0.1, -0.05) is 11.3 Å². The highest BCUT2D eigenvalue weighted by Crippen LogP contribution is 2.40.